The van der Waals surface area contributed by atoms with Gasteiger partial charge in [0.15, 0.2) is 0 Å². The minimum Gasteiger partial charge on any atom is -0.461 e. The molecule has 9 heteroatoms. The second-order valence-corrected chi connectivity index (χ2v) is 7.57. The van der Waals surface area contributed by atoms with Crippen LogP contribution < -0.4 is 5.32 Å². The van der Waals surface area contributed by atoms with Crippen molar-refractivity contribution in [2.24, 2.45) is 0 Å². The Morgan fingerprint density at radius 2 is 1.96 bits per heavy atom. The molecule has 0 aliphatic rings. The van der Waals surface area contributed by atoms with E-state index in [0.29, 0.717) is 6.42 Å². The Bertz CT molecular complexity index is 921. The van der Waals surface area contributed by atoms with Gasteiger partial charge in [0.05, 0.1) is 12.3 Å². The van der Waals surface area contributed by atoms with E-state index in [1.165, 1.54) is 36.5 Å². The number of benzene rings is 1. The summed E-state index contributed by atoms with van der Waals surface area (Å²) in [6, 6.07) is 6.88. The highest BCUT2D eigenvalue weighted by molar-refractivity contribution is 7.90. The summed E-state index contributed by atoms with van der Waals surface area (Å²) in [6.07, 6.45) is 2.10. The Morgan fingerprint density at radius 3 is 2.62 bits per heavy atom. The molecule has 1 heterocycles. The van der Waals surface area contributed by atoms with Crippen molar-refractivity contribution < 1.29 is 22.7 Å². The van der Waals surface area contributed by atoms with Gasteiger partial charge in [-0.3, -0.25) is 4.79 Å². The van der Waals surface area contributed by atoms with Crippen LogP contribution in [-0.2, 0) is 19.6 Å². The van der Waals surface area contributed by atoms with Crippen molar-refractivity contribution in [3.8, 4) is 0 Å². The molecule has 0 bridgehead atoms. The lowest BCUT2D eigenvalue weighted by atomic mass is 10.3. The van der Waals surface area contributed by atoms with Crippen LogP contribution in [0.2, 0.25) is 5.02 Å². The van der Waals surface area contributed by atoms with Crippen LogP contribution in [0.5, 0.6) is 0 Å². The summed E-state index contributed by atoms with van der Waals surface area (Å²) in [5.41, 5.74) is -0.0472. The third-order valence-electron chi connectivity index (χ3n) is 3.43. The third kappa shape index (κ3) is 4.25. The topological polar surface area (TPSA) is 94.5 Å². The van der Waals surface area contributed by atoms with Crippen LogP contribution in [0.4, 0.5) is 5.69 Å². The van der Waals surface area contributed by atoms with Crippen LogP contribution in [0.3, 0.4) is 0 Å². The van der Waals surface area contributed by atoms with Crippen molar-refractivity contribution in [2.75, 3.05) is 11.9 Å². The zero-order valence-electron chi connectivity index (χ0n) is 14.4. The summed E-state index contributed by atoms with van der Waals surface area (Å²) >= 11 is 5.96. The van der Waals surface area contributed by atoms with Crippen molar-refractivity contribution in [3.05, 3.63) is 47.2 Å². The van der Waals surface area contributed by atoms with E-state index in [-0.39, 0.29) is 40.2 Å². The third-order valence-corrected chi connectivity index (χ3v) is 5.39. The maximum Gasteiger partial charge on any atom is 0.355 e. The number of esters is 1. The predicted octanol–water partition coefficient (Wildman–Crippen LogP) is 3.29. The normalized spacial score (nSPS) is 11.2. The molecule has 1 aromatic heterocycles. The van der Waals surface area contributed by atoms with Gasteiger partial charge in [-0.05, 0) is 43.7 Å². The fraction of sp³-hybridized carbons (Fsp3) is 0.294. The highest BCUT2D eigenvalue weighted by atomic mass is 35.5. The monoisotopic (exact) mass is 398 g/mol. The smallest absolute Gasteiger partial charge is 0.355 e. The van der Waals surface area contributed by atoms with Crippen LogP contribution in [0.1, 0.15) is 37.2 Å². The van der Waals surface area contributed by atoms with E-state index in [4.69, 9.17) is 16.3 Å². The number of hydrogen-bond acceptors (Lipinski definition) is 5. The number of carbonyl (C=O) groups is 2. The molecule has 0 atom stereocenters. The van der Waals surface area contributed by atoms with Crippen molar-refractivity contribution in [1.82, 2.24) is 3.97 Å². The predicted molar refractivity (Wildman–Crippen MR) is 98.0 cm³/mol. The highest BCUT2D eigenvalue weighted by Crippen LogP contribution is 2.28. The fourth-order valence-electron chi connectivity index (χ4n) is 2.30. The summed E-state index contributed by atoms with van der Waals surface area (Å²) in [7, 11) is -4.19. The molecule has 26 heavy (non-hydrogen) atoms. The fourth-order valence-corrected chi connectivity index (χ4v) is 4.04. The van der Waals surface area contributed by atoms with E-state index >= 15 is 0 Å². The molecule has 0 fully saturated rings. The van der Waals surface area contributed by atoms with Crippen LogP contribution in [0.15, 0.2) is 41.4 Å². The summed E-state index contributed by atoms with van der Waals surface area (Å²) in [5, 5.41) is 2.76. The van der Waals surface area contributed by atoms with Crippen LogP contribution in [0, 0.1) is 0 Å². The largest absolute Gasteiger partial charge is 0.461 e. The van der Waals surface area contributed by atoms with Gasteiger partial charge in [0.2, 0.25) is 5.91 Å². The first-order valence-corrected chi connectivity index (χ1v) is 9.82. The van der Waals surface area contributed by atoms with Gasteiger partial charge in [-0.1, -0.05) is 18.5 Å². The Hall–Kier alpha value is -2.32. The van der Waals surface area contributed by atoms with E-state index in [0.717, 1.165) is 3.97 Å². The molecule has 1 aromatic carbocycles. The molecule has 0 aliphatic carbocycles. The maximum absolute atomic E-state index is 13.1. The average Bonchev–Trinajstić information content (AvgIpc) is 3.07. The number of carbonyl (C=O) groups excluding carboxylic acids is 2. The van der Waals surface area contributed by atoms with E-state index in [2.05, 4.69) is 5.32 Å². The van der Waals surface area contributed by atoms with Crippen molar-refractivity contribution >= 4 is 39.2 Å². The van der Waals surface area contributed by atoms with Gasteiger partial charge in [-0.2, -0.15) is 0 Å². The van der Waals surface area contributed by atoms with Crippen molar-refractivity contribution in [1.29, 1.82) is 0 Å². The minimum absolute atomic E-state index is 0.0939. The van der Waals surface area contributed by atoms with Gasteiger partial charge in [-0.15, -0.1) is 0 Å². The molecule has 0 saturated carbocycles. The first-order chi connectivity index (χ1) is 12.3. The number of halogens is 1. The molecule has 7 nitrogen and oxygen atoms in total. The molecule has 0 spiro atoms. The molecule has 2 rings (SSSR count). The van der Waals surface area contributed by atoms with Gasteiger partial charge < -0.3 is 10.1 Å². The number of amides is 1. The number of aromatic nitrogens is 1. The first-order valence-electron chi connectivity index (χ1n) is 8.00. The van der Waals surface area contributed by atoms with E-state index in [1.54, 1.807) is 6.92 Å². The Labute approximate surface area is 157 Å². The molecule has 140 valence electrons. The summed E-state index contributed by atoms with van der Waals surface area (Å²) in [4.78, 5) is 23.7. The number of ether oxygens (including phenoxy) is 1. The molecule has 0 saturated heterocycles. The summed E-state index contributed by atoms with van der Waals surface area (Å²) < 4.78 is 31.9. The molecule has 1 N–H and O–H groups in total. The van der Waals surface area contributed by atoms with Gasteiger partial charge in [0.25, 0.3) is 10.0 Å². The number of nitrogens with zero attached hydrogens (tertiary/aromatic N) is 1. The zero-order chi connectivity index (χ0) is 19.3. The molecule has 0 radical (unpaired) electrons. The number of anilines is 1. The summed E-state index contributed by atoms with van der Waals surface area (Å²) in [6.45, 7) is 3.57. The lowest BCUT2D eigenvalue weighted by molar-refractivity contribution is -0.116. The lowest BCUT2D eigenvalue weighted by Gasteiger charge is -2.14. The highest BCUT2D eigenvalue weighted by Gasteiger charge is 2.26. The van der Waals surface area contributed by atoms with Gasteiger partial charge >= 0.3 is 5.97 Å². The SMILES string of the molecule is CCCC(=O)Nc1ccc(Cl)cc1S(=O)(=O)n1cccc1C(=O)OCC. The standard InChI is InChI=1S/C17H19ClN2O5S/c1-3-6-16(21)19-13-9-8-12(18)11-15(13)26(23,24)20-10-5-7-14(20)17(22)25-4-2/h5,7-11H,3-4,6H2,1-2H3,(H,19,21). The number of rotatable bonds is 7. The van der Waals surface area contributed by atoms with E-state index in [9.17, 15) is 18.0 Å². The summed E-state index contributed by atoms with van der Waals surface area (Å²) in [5.74, 6) is -1.08. The van der Waals surface area contributed by atoms with Crippen molar-refractivity contribution in [2.45, 2.75) is 31.6 Å². The molecular weight excluding hydrogens is 380 g/mol. The quantitative estimate of drug-likeness (QED) is 0.722. The van der Waals surface area contributed by atoms with Gasteiger partial charge in [0.1, 0.15) is 10.6 Å². The maximum atomic E-state index is 13.1. The second kappa shape index (κ2) is 8.37. The van der Waals surface area contributed by atoms with Crippen LogP contribution in [-0.4, -0.2) is 30.9 Å². The van der Waals surface area contributed by atoms with E-state index in [1.807, 2.05) is 6.92 Å². The zero-order valence-corrected chi connectivity index (χ0v) is 15.9. The first kappa shape index (κ1) is 20.0. The van der Waals surface area contributed by atoms with E-state index < -0.39 is 16.0 Å². The minimum atomic E-state index is -4.19. The molecule has 0 unspecified atom stereocenters. The molecule has 0 aliphatic heterocycles. The van der Waals surface area contributed by atoms with Gasteiger partial charge in [0, 0.05) is 17.6 Å². The Morgan fingerprint density at radius 1 is 1.23 bits per heavy atom. The molecular formula is C17H19ClN2O5S. The van der Waals surface area contributed by atoms with Crippen LogP contribution in [0.25, 0.3) is 0 Å². The van der Waals surface area contributed by atoms with Gasteiger partial charge in [-0.25, -0.2) is 17.2 Å². The molecule has 2 aromatic rings. The van der Waals surface area contributed by atoms with Crippen molar-refractivity contribution in [3.63, 3.8) is 0 Å². The Kier molecular flexibility index (Phi) is 6.44. The Balaban J connectivity index is 2.53. The number of hydrogen-bond donors (Lipinski definition) is 1. The molecule has 1 amide bonds. The van der Waals surface area contributed by atoms with Crippen LogP contribution >= 0.6 is 11.6 Å². The number of nitrogens with one attached hydrogen (secondary N) is 1. The second-order valence-electron chi connectivity index (χ2n) is 5.35. The average molecular weight is 399 g/mol. The lowest BCUT2D eigenvalue weighted by Crippen LogP contribution is -2.21.